The summed E-state index contributed by atoms with van der Waals surface area (Å²) in [7, 11) is 0. The number of amidine groups is 1. The molecule has 2 N–H and O–H groups in total. The normalized spacial score (nSPS) is 11.9. The van der Waals surface area contributed by atoms with Crippen LogP contribution in [0.4, 0.5) is 5.69 Å². The van der Waals surface area contributed by atoms with Gasteiger partial charge < -0.3 is 5.73 Å². The quantitative estimate of drug-likeness (QED) is 0.640. The summed E-state index contributed by atoms with van der Waals surface area (Å²) in [5.41, 5.74) is 9.03. The van der Waals surface area contributed by atoms with Crippen LogP contribution in [0.5, 0.6) is 0 Å². The summed E-state index contributed by atoms with van der Waals surface area (Å²) in [5, 5.41) is 0. The van der Waals surface area contributed by atoms with Crippen LogP contribution in [0.15, 0.2) is 65.7 Å². The van der Waals surface area contributed by atoms with Gasteiger partial charge in [-0.05, 0) is 36.3 Å². The lowest BCUT2D eigenvalue weighted by atomic mass is 10.2. The summed E-state index contributed by atoms with van der Waals surface area (Å²) >= 11 is 0. The van der Waals surface area contributed by atoms with E-state index in [1.54, 1.807) is 0 Å². The molecule has 0 bridgehead atoms. The fourth-order valence-corrected chi connectivity index (χ4v) is 1.63. The second-order valence-electron chi connectivity index (χ2n) is 4.12. The van der Waals surface area contributed by atoms with Crippen LogP contribution in [0.3, 0.4) is 0 Å². The molecule has 0 unspecified atom stereocenters. The number of hydrogen-bond donors (Lipinski definition) is 1. The van der Waals surface area contributed by atoms with E-state index in [0.717, 1.165) is 11.3 Å². The first kappa shape index (κ1) is 12.1. The molecule has 0 aliphatic heterocycles. The molecule has 2 aromatic rings. The van der Waals surface area contributed by atoms with Gasteiger partial charge in [0.15, 0.2) is 0 Å². The maximum atomic E-state index is 5.87. The third-order valence-corrected chi connectivity index (χ3v) is 2.51. The molecule has 0 atom stereocenters. The molecule has 0 aliphatic rings. The minimum absolute atomic E-state index is 0.504. The highest BCUT2D eigenvalue weighted by Gasteiger charge is 1.91. The first-order valence-electron chi connectivity index (χ1n) is 5.88. The van der Waals surface area contributed by atoms with Crippen LogP contribution in [-0.2, 0) is 0 Å². The fourth-order valence-electron chi connectivity index (χ4n) is 1.63. The Morgan fingerprint density at radius 3 is 2.56 bits per heavy atom. The monoisotopic (exact) mass is 236 g/mol. The van der Waals surface area contributed by atoms with Crippen LogP contribution in [0, 0.1) is 6.92 Å². The second-order valence-corrected chi connectivity index (χ2v) is 4.12. The van der Waals surface area contributed by atoms with Gasteiger partial charge in [0.05, 0.1) is 5.69 Å². The molecule has 2 heteroatoms. The largest absolute Gasteiger partial charge is 0.384 e. The molecule has 90 valence electrons. The van der Waals surface area contributed by atoms with Crippen molar-refractivity contribution in [1.82, 2.24) is 0 Å². The molecule has 2 aromatic carbocycles. The van der Waals surface area contributed by atoms with E-state index in [1.807, 2.05) is 73.7 Å². The van der Waals surface area contributed by atoms with Crippen molar-refractivity contribution in [3.8, 4) is 0 Å². The lowest BCUT2D eigenvalue weighted by Crippen LogP contribution is -2.06. The Bertz CT molecular complexity index is 569. The van der Waals surface area contributed by atoms with E-state index in [-0.39, 0.29) is 0 Å². The van der Waals surface area contributed by atoms with Gasteiger partial charge in [-0.2, -0.15) is 0 Å². The highest BCUT2D eigenvalue weighted by Crippen LogP contribution is 2.13. The summed E-state index contributed by atoms with van der Waals surface area (Å²) < 4.78 is 0. The lowest BCUT2D eigenvalue weighted by molar-refractivity contribution is 1.41. The fraction of sp³-hybridized carbons (Fsp3) is 0.0625. The van der Waals surface area contributed by atoms with E-state index in [2.05, 4.69) is 4.99 Å². The summed E-state index contributed by atoms with van der Waals surface area (Å²) in [6, 6.07) is 18.0. The summed E-state index contributed by atoms with van der Waals surface area (Å²) in [6.07, 6.45) is 3.77. The zero-order chi connectivity index (χ0) is 12.8. The van der Waals surface area contributed by atoms with Crippen LogP contribution in [0.1, 0.15) is 11.1 Å². The van der Waals surface area contributed by atoms with E-state index in [9.17, 15) is 0 Å². The molecule has 0 radical (unpaired) electrons. The maximum Gasteiger partial charge on any atom is 0.124 e. The molecule has 0 saturated carbocycles. The van der Waals surface area contributed by atoms with Crippen LogP contribution in [0.25, 0.3) is 6.08 Å². The van der Waals surface area contributed by atoms with E-state index < -0.39 is 0 Å². The van der Waals surface area contributed by atoms with E-state index in [1.165, 1.54) is 5.56 Å². The van der Waals surface area contributed by atoms with Crippen molar-refractivity contribution in [2.24, 2.45) is 10.7 Å². The van der Waals surface area contributed by atoms with Gasteiger partial charge in [0.25, 0.3) is 0 Å². The van der Waals surface area contributed by atoms with Gasteiger partial charge in [-0.15, -0.1) is 0 Å². The Morgan fingerprint density at radius 2 is 1.83 bits per heavy atom. The minimum Gasteiger partial charge on any atom is -0.384 e. The lowest BCUT2D eigenvalue weighted by Gasteiger charge is -1.97. The first-order valence-corrected chi connectivity index (χ1v) is 5.88. The van der Waals surface area contributed by atoms with Crippen LogP contribution >= 0.6 is 0 Å². The van der Waals surface area contributed by atoms with Gasteiger partial charge in [-0.3, -0.25) is 0 Å². The van der Waals surface area contributed by atoms with Crippen LogP contribution in [-0.4, -0.2) is 5.84 Å². The Morgan fingerprint density at radius 1 is 1.06 bits per heavy atom. The van der Waals surface area contributed by atoms with Crippen LogP contribution < -0.4 is 5.73 Å². The predicted molar refractivity (Wildman–Crippen MR) is 77.9 cm³/mol. The molecular weight excluding hydrogens is 220 g/mol. The average molecular weight is 236 g/mol. The average Bonchev–Trinajstić information content (AvgIpc) is 2.38. The molecule has 2 rings (SSSR count). The van der Waals surface area contributed by atoms with Crippen molar-refractivity contribution >= 4 is 17.6 Å². The van der Waals surface area contributed by atoms with Crippen molar-refractivity contribution in [2.75, 3.05) is 0 Å². The summed E-state index contributed by atoms with van der Waals surface area (Å²) in [6.45, 7) is 2.04. The number of nitrogens with zero attached hydrogens (tertiary/aromatic N) is 1. The van der Waals surface area contributed by atoms with Crippen LogP contribution in [0.2, 0.25) is 0 Å². The number of aryl methyl sites for hydroxylation is 1. The van der Waals surface area contributed by atoms with Crippen molar-refractivity contribution < 1.29 is 0 Å². The summed E-state index contributed by atoms with van der Waals surface area (Å²) in [4.78, 5) is 4.34. The van der Waals surface area contributed by atoms with Crippen molar-refractivity contribution in [3.05, 3.63) is 71.8 Å². The number of rotatable bonds is 3. The topological polar surface area (TPSA) is 38.4 Å². The molecule has 0 amide bonds. The number of benzene rings is 2. The van der Waals surface area contributed by atoms with E-state index >= 15 is 0 Å². The van der Waals surface area contributed by atoms with E-state index in [0.29, 0.717) is 5.84 Å². The Kier molecular flexibility index (Phi) is 3.92. The summed E-state index contributed by atoms with van der Waals surface area (Å²) in [5.74, 6) is 0.504. The third kappa shape index (κ3) is 3.59. The zero-order valence-electron chi connectivity index (χ0n) is 10.4. The predicted octanol–water partition coefficient (Wildman–Crippen LogP) is 3.70. The Balaban J connectivity index is 2.12. The van der Waals surface area contributed by atoms with Gasteiger partial charge >= 0.3 is 0 Å². The molecule has 18 heavy (non-hydrogen) atoms. The first-order chi connectivity index (χ1) is 8.74. The van der Waals surface area contributed by atoms with Crippen molar-refractivity contribution in [1.29, 1.82) is 0 Å². The highest BCUT2D eigenvalue weighted by molar-refractivity contribution is 5.96. The van der Waals surface area contributed by atoms with E-state index in [4.69, 9.17) is 5.73 Å². The number of hydrogen-bond acceptors (Lipinski definition) is 1. The zero-order valence-corrected chi connectivity index (χ0v) is 10.4. The molecule has 0 aromatic heterocycles. The molecule has 0 heterocycles. The third-order valence-electron chi connectivity index (χ3n) is 2.51. The van der Waals surface area contributed by atoms with Gasteiger partial charge in [-0.1, -0.05) is 48.5 Å². The Hall–Kier alpha value is -2.35. The van der Waals surface area contributed by atoms with Gasteiger partial charge in [-0.25, -0.2) is 4.99 Å². The standard InChI is InChI=1S/C16H16N2/c1-13-6-5-9-15(12-13)18-16(17)11-10-14-7-3-2-4-8-14/h2-12H,1H3,(H2,17,18)/b11-10+. The molecule has 0 saturated heterocycles. The second kappa shape index (κ2) is 5.82. The smallest absolute Gasteiger partial charge is 0.124 e. The minimum atomic E-state index is 0.504. The molecule has 0 spiro atoms. The molecule has 2 nitrogen and oxygen atoms in total. The Labute approximate surface area is 107 Å². The number of aliphatic imine (C=N–C) groups is 1. The molecule has 0 fully saturated rings. The SMILES string of the molecule is Cc1cccc(N=C(N)/C=C/c2ccccc2)c1. The maximum absolute atomic E-state index is 5.87. The van der Waals surface area contributed by atoms with Gasteiger partial charge in [0, 0.05) is 0 Å². The van der Waals surface area contributed by atoms with Crippen molar-refractivity contribution in [2.45, 2.75) is 6.92 Å². The van der Waals surface area contributed by atoms with Crippen molar-refractivity contribution in [3.63, 3.8) is 0 Å². The molecular formula is C16H16N2. The van der Waals surface area contributed by atoms with Gasteiger partial charge in [0.1, 0.15) is 5.84 Å². The van der Waals surface area contributed by atoms with Gasteiger partial charge in [0.2, 0.25) is 0 Å². The number of nitrogens with two attached hydrogens (primary N) is 1. The molecule has 0 aliphatic carbocycles. The highest BCUT2D eigenvalue weighted by atomic mass is 14.8.